The van der Waals surface area contributed by atoms with Crippen molar-refractivity contribution in [1.29, 1.82) is 0 Å². The van der Waals surface area contributed by atoms with Crippen LogP contribution >= 0.6 is 0 Å². The Kier molecular flexibility index (Phi) is 30.1. The monoisotopic (exact) mass is 677 g/mol. The van der Waals surface area contributed by atoms with E-state index in [2.05, 4.69) is 45.2 Å². The van der Waals surface area contributed by atoms with Gasteiger partial charge in [0.2, 0.25) is 0 Å². The molecule has 0 aromatic heterocycles. The summed E-state index contributed by atoms with van der Waals surface area (Å²) in [5.74, 6) is -0.351. The number of esters is 2. The Morgan fingerprint density at radius 3 is 1.44 bits per heavy atom. The van der Waals surface area contributed by atoms with Gasteiger partial charge in [-0.1, -0.05) is 128 Å². The Morgan fingerprint density at radius 2 is 0.979 bits per heavy atom. The highest BCUT2D eigenvalue weighted by Gasteiger charge is 2.31. The van der Waals surface area contributed by atoms with Crippen LogP contribution in [0.25, 0.3) is 0 Å². The van der Waals surface area contributed by atoms with E-state index < -0.39 is 6.10 Å². The zero-order chi connectivity index (χ0) is 34.8. The normalized spacial score (nSPS) is 15.3. The van der Waals surface area contributed by atoms with Crippen molar-refractivity contribution in [2.24, 2.45) is 0 Å². The molecular weight excluding hydrogens is 598 g/mol. The molecule has 280 valence electrons. The molecule has 0 aromatic carbocycles. The van der Waals surface area contributed by atoms with E-state index >= 15 is 0 Å². The number of hydrogen-bond donors (Lipinski definition) is 0. The summed E-state index contributed by atoms with van der Waals surface area (Å²) < 4.78 is 17.9. The van der Waals surface area contributed by atoms with Crippen molar-refractivity contribution < 1.29 is 28.3 Å². The maximum atomic E-state index is 12.8. The predicted octanol–water partition coefficient (Wildman–Crippen LogP) is 11.2. The van der Waals surface area contributed by atoms with E-state index in [1.54, 1.807) is 0 Å². The van der Waals surface area contributed by atoms with Crippen LogP contribution in [0.4, 0.5) is 0 Å². The third kappa shape index (κ3) is 28.2. The van der Waals surface area contributed by atoms with Crippen LogP contribution in [-0.2, 0) is 23.8 Å². The van der Waals surface area contributed by atoms with Crippen molar-refractivity contribution in [1.82, 2.24) is 0 Å². The van der Waals surface area contributed by atoms with E-state index in [-0.39, 0.29) is 18.5 Å². The number of ether oxygens (including phenoxy) is 3. The Hall–Kier alpha value is -1.66. The second-order valence-corrected chi connectivity index (χ2v) is 14.6. The predicted molar refractivity (Wildman–Crippen MR) is 202 cm³/mol. The fourth-order valence-corrected chi connectivity index (χ4v) is 6.41. The van der Waals surface area contributed by atoms with Gasteiger partial charge < -0.3 is 18.7 Å². The van der Waals surface area contributed by atoms with Crippen molar-refractivity contribution in [2.45, 2.75) is 187 Å². The van der Waals surface area contributed by atoms with Crippen molar-refractivity contribution in [3.8, 4) is 0 Å². The summed E-state index contributed by atoms with van der Waals surface area (Å²) in [6.07, 6.45) is 39.1. The van der Waals surface area contributed by atoms with E-state index in [0.717, 1.165) is 68.9 Å². The molecule has 0 N–H and O–H groups in total. The van der Waals surface area contributed by atoms with E-state index in [4.69, 9.17) is 14.2 Å². The van der Waals surface area contributed by atoms with Crippen molar-refractivity contribution in [2.75, 3.05) is 46.5 Å². The highest BCUT2D eigenvalue weighted by Crippen LogP contribution is 2.15. The van der Waals surface area contributed by atoms with Gasteiger partial charge in [0.25, 0.3) is 0 Å². The molecule has 0 bridgehead atoms. The lowest BCUT2D eigenvalue weighted by Crippen LogP contribution is -2.56. The maximum absolute atomic E-state index is 12.8. The molecule has 0 saturated carbocycles. The standard InChI is InChI=1S/C42H78NO5/c1-4-6-8-10-12-14-16-18-20-22-24-26-28-30-32-41(44)47-39-40(38-43(3)34-36-46-37-35-43)48-42(45)33-31-29-27-25-23-21-19-17-15-13-11-9-7-5-2/h18-21,40H,4-17,22-39H2,1-3H3/q+1/b20-18-,21-19-. The molecule has 0 spiro atoms. The number of quaternary nitrogens is 1. The first-order valence-electron chi connectivity index (χ1n) is 20.6. The molecule has 1 unspecified atom stereocenters. The zero-order valence-electron chi connectivity index (χ0n) is 32.0. The smallest absolute Gasteiger partial charge is 0.306 e. The van der Waals surface area contributed by atoms with Gasteiger partial charge in [-0.05, 0) is 64.2 Å². The minimum absolute atomic E-state index is 0.147. The molecule has 1 atom stereocenters. The first-order chi connectivity index (χ1) is 23.5. The van der Waals surface area contributed by atoms with Gasteiger partial charge in [-0.15, -0.1) is 0 Å². The van der Waals surface area contributed by atoms with Gasteiger partial charge in [0.05, 0.1) is 20.3 Å². The lowest BCUT2D eigenvalue weighted by molar-refractivity contribution is -0.919. The van der Waals surface area contributed by atoms with Gasteiger partial charge in [0.15, 0.2) is 6.10 Å². The molecule has 1 aliphatic rings. The summed E-state index contributed by atoms with van der Waals surface area (Å²) in [6, 6.07) is 0. The van der Waals surface area contributed by atoms with E-state index in [1.165, 1.54) is 103 Å². The summed E-state index contributed by atoms with van der Waals surface area (Å²) in [4.78, 5) is 25.3. The average molecular weight is 677 g/mol. The quantitative estimate of drug-likeness (QED) is 0.0300. The van der Waals surface area contributed by atoms with E-state index in [9.17, 15) is 9.59 Å². The first kappa shape index (κ1) is 44.4. The summed E-state index contributed by atoms with van der Waals surface area (Å²) in [7, 11) is 2.18. The number of allylic oxidation sites excluding steroid dienone is 4. The third-order valence-electron chi connectivity index (χ3n) is 9.71. The van der Waals surface area contributed by atoms with Crippen LogP contribution in [0.1, 0.15) is 181 Å². The van der Waals surface area contributed by atoms with Crippen LogP contribution in [0.5, 0.6) is 0 Å². The molecule has 6 nitrogen and oxygen atoms in total. The van der Waals surface area contributed by atoms with Gasteiger partial charge in [0, 0.05) is 12.8 Å². The first-order valence-corrected chi connectivity index (χ1v) is 20.6. The molecular formula is C42H78NO5+. The van der Waals surface area contributed by atoms with Crippen molar-refractivity contribution >= 4 is 11.9 Å². The number of likely N-dealkylation sites (N-methyl/N-ethyl adjacent to an activating group) is 1. The van der Waals surface area contributed by atoms with Crippen LogP contribution in [0.3, 0.4) is 0 Å². The minimum Gasteiger partial charge on any atom is -0.461 e. The van der Waals surface area contributed by atoms with Gasteiger partial charge in [0.1, 0.15) is 26.2 Å². The number of carbonyl (C=O) groups excluding carboxylic acids is 2. The maximum Gasteiger partial charge on any atom is 0.306 e. The number of nitrogens with zero attached hydrogens (tertiary/aromatic N) is 1. The van der Waals surface area contributed by atoms with Crippen LogP contribution in [0, 0.1) is 0 Å². The number of hydrogen-bond acceptors (Lipinski definition) is 5. The molecule has 1 aliphatic heterocycles. The van der Waals surface area contributed by atoms with Gasteiger partial charge >= 0.3 is 11.9 Å². The number of carbonyl (C=O) groups is 2. The van der Waals surface area contributed by atoms with Gasteiger partial charge in [-0.25, -0.2) is 0 Å². The molecule has 48 heavy (non-hydrogen) atoms. The van der Waals surface area contributed by atoms with Crippen molar-refractivity contribution in [3.05, 3.63) is 24.3 Å². The second kappa shape index (κ2) is 32.5. The van der Waals surface area contributed by atoms with E-state index in [0.29, 0.717) is 32.6 Å². The fraction of sp³-hybridized carbons (Fsp3) is 0.857. The second-order valence-electron chi connectivity index (χ2n) is 14.6. The Morgan fingerprint density at radius 1 is 0.583 bits per heavy atom. The molecule has 0 aromatic rings. The summed E-state index contributed by atoms with van der Waals surface area (Å²) in [5, 5.41) is 0. The number of morpholine rings is 1. The van der Waals surface area contributed by atoms with E-state index in [1.807, 2.05) is 0 Å². The van der Waals surface area contributed by atoms with Gasteiger partial charge in [-0.2, -0.15) is 0 Å². The average Bonchev–Trinajstić information content (AvgIpc) is 3.07. The molecule has 1 saturated heterocycles. The zero-order valence-corrected chi connectivity index (χ0v) is 32.0. The lowest BCUT2D eigenvalue weighted by atomic mass is 10.1. The van der Waals surface area contributed by atoms with Crippen LogP contribution in [0.15, 0.2) is 24.3 Å². The lowest BCUT2D eigenvalue weighted by Gasteiger charge is -2.39. The number of unbranched alkanes of at least 4 members (excludes halogenated alkanes) is 20. The van der Waals surface area contributed by atoms with Crippen LogP contribution in [-0.4, -0.2) is 69.0 Å². The molecule has 1 rings (SSSR count). The number of rotatable bonds is 33. The summed E-state index contributed by atoms with van der Waals surface area (Å²) >= 11 is 0. The Bertz CT molecular complexity index is 804. The topological polar surface area (TPSA) is 61.8 Å². The molecule has 1 fully saturated rings. The molecule has 1 heterocycles. The summed E-state index contributed by atoms with van der Waals surface area (Å²) in [5.41, 5.74) is 0. The minimum atomic E-state index is -0.413. The summed E-state index contributed by atoms with van der Waals surface area (Å²) in [6.45, 7) is 8.50. The molecule has 0 radical (unpaired) electrons. The highest BCUT2D eigenvalue weighted by atomic mass is 16.6. The van der Waals surface area contributed by atoms with Crippen LogP contribution < -0.4 is 0 Å². The largest absolute Gasteiger partial charge is 0.461 e. The Labute approximate surface area is 297 Å². The van der Waals surface area contributed by atoms with Crippen molar-refractivity contribution in [3.63, 3.8) is 0 Å². The molecule has 6 heteroatoms. The SMILES string of the molecule is CCCCCCCC/C=C\CCCCCCC(=O)OCC(C[N+]1(C)CCOCC1)OC(=O)CCCCCC/C=C\CCCCCCCC. The Balaban J connectivity index is 2.20. The fourth-order valence-electron chi connectivity index (χ4n) is 6.41. The highest BCUT2D eigenvalue weighted by molar-refractivity contribution is 5.70. The van der Waals surface area contributed by atoms with Crippen LogP contribution in [0.2, 0.25) is 0 Å². The molecule has 0 aliphatic carbocycles. The molecule has 0 amide bonds. The third-order valence-corrected chi connectivity index (χ3v) is 9.71. The van der Waals surface area contributed by atoms with Gasteiger partial charge in [-0.3, -0.25) is 9.59 Å².